The van der Waals surface area contributed by atoms with Crippen molar-refractivity contribution >= 4 is 17.7 Å². The van der Waals surface area contributed by atoms with Crippen molar-refractivity contribution < 1.29 is 14.3 Å². The molecule has 3 aromatic rings. The predicted octanol–water partition coefficient (Wildman–Crippen LogP) is 2.11. The molecule has 1 aromatic heterocycles. The first kappa shape index (κ1) is 17.3. The van der Waals surface area contributed by atoms with Crippen molar-refractivity contribution in [2.75, 3.05) is 12.5 Å². The summed E-state index contributed by atoms with van der Waals surface area (Å²) in [6.07, 6.45) is 0. The fourth-order valence-corrected chi connectivity index (χ4v) is 3.27. The topological polar surface area (TPSA) is 91.2 Å². The smallest absolute Gasteiger partial charge is 0.231 e. The van der Waals surface area contributed by atoms with Crippen LogP contribution in [0.3, 0.4) is 0 Å². The van der Waals surface area contributed by atoms with Gasteiger partial charge in [0.25, 0.3) is 0 Å². The summed E-state index contributed by atoms with van der Waals surface area (Å²) in [5.41, 5.74) is 2.96. The molecule has 9 heteroatoms. The van der Waals surface area contributed by atoms with E-state index in [1.54, 1.807) is 4.68 Å². The van der Waals surface area contributed by atoms with Gasteiger partial charge in [0.05, 0.1) is 11.4 Å². The molecule has 1 aliphatic heterocycles. The summed E-state index contributed by atoms with van der Waals surface area (Å²) in [5.74, 6) is 1.55. The lowest BCUT2D eigenvalue weighted by Crippen LogP contribution is -2.24. The molecule has 2 heterocycles. The maximum absolute atomic E-state index is 12.2. The van der Waals surface area contributed by atoms with Crippen molar-refractivity contribution in [2.45, 2.75) is 18.6 Å². The lowest BCUT2D eigenvalue weighted by Gasteiger charge is -2.07. The number of aryl methyl sites for hydroxylation is 1. The summed E-state index contributed by atoms with van der Waals surface area (Å²) in [6, 6.07) is 13.5. The van der Waals surface area contributed by atoms with Crippen LogP contribution in [0.2, 0.25) is 0 Å². The Hall–Kier alpha value is -3.07. The standard InChI is InChI=1S/C18H17N5O3S/c1-12-2-5-14(6-3-12)23-18(20-21-22-23)27-10-17(24)19-9-13-4-7-15-16(8-13)26-11-25-15/h2-8H,9-11H2,1H3,(H,19,24). The lowest BCUT2D eigenvalue weighted by molar-refractivity contribution is -0.118. The lowest BCUT2D eigenvalue weighted by atomic mass is 10.2. The third kappa shape index (κ3) is 4.03. The van der Waals surface area contributed by atoms with E-state index in [1.807, 2.05) is 49.4 Å². The molecule has 1 amide bonds. The van der Waals surface area contributed by atoms with Crippen LogP contribution >= 0.6 is 11.8 Å². The Balaban J connectivity index is 1.32. The number of amides is 1. The zero-order chi connectivity index (χ0) is 18.6. The molecular formula is C18H17N5O3S. The predicted molar refractivity (Wildman–Crippen MR) is 99.0 cm³/mol. The van der Waals surface area contributed by atoms with Gasteiger partial charge < -0.3 is 14.8 Å². The third-order valence-corrected chi connectivity index (χ3v) is 4.90. The van der Waals surface area contributed by atoms with Crippen molar-refractivity contribution in [3.05, 3.63) is 53.6 Å². The van der Waals surface area contributed by atoms with Crippen LogP contribution in [0, 0.1) is 6.92 Å². The Morgan fingerprint density at radius 3 is 2.85 bits per heavy atom. The number of aromatic nitrogens is 4. The van der Waals surface area contributed by atoms with E-state index in [-0.39, 0.29) is 18.5 Å². The van der Waals surface area contributed by atoms with Crippen molar-refractivity contribution in [3.63, 3.8) is 0 Å². The maximum Gasteiger partial charge on any atom is 0.231 e. The molecule has 4 rings (SSSR count). The number of tetrazole rings is 1. The van der Waals surface area contributed by atoms with E-state index in [2.05, 4.69) is 20.8 Å². The van der Waals surface area contributed by atoms with Gasteiger partial charge in [-0.25, -0.2) is 0 Å². The second kappa shape index (κ2) is 7.67. The van der Waals surface area contributed by atoms with Gasteiger partial charge in [0.1, 0.15) is 0 Å². The molecule has 8 nitrogen and oxygen atoms in total. The van der Waals surface area contributed by atoms with E-state index >= 15 is 0 Å². The van der Waals surface area contributed by atoms with Crippen LogP contribution in [0.25, 0.3) is 5.69 Å². The van der Waals surface area contributed by atoms with Crippen molar-refractivity contribution in [1.82, 2.24) is 25.5 Å². The number of benzene rings is 2. The molecule has 1 aliphatic rings. The molecule has 1 N–H and O–H groups in total. The number of nitrogens with zero attached hydrogens (tertiary/aromatic N) is 4. The van der Waals surface area contributed by atoms with Crippen LogP contribution in [-0.4, -0.2) is 38.7 Å². The number of nitrogens with one attached hydrogen (secondary N) is 1. The Morgan fingerprint density at radius 2 is 2.00 bits per heavy atom. The number of ether oxygens (including phenoxy) is 2. The van der Waals surface area contributed by atoms with Gasteiger partial charge in [0, 0.05) is 6.54 Å². The minimum atomic E-state index is -0.101. The molecule has 138 valence electrons. The fourth-order valence-electron chi connectivity index (χ4n) is 2.55. The van der Waals surface area contributed by atoms with Gasteiger partial charge in [-0.2, -0.15) is 4.68 Å². The van der Waals surface area contributed by atoms with Gasteiger partial charge in [0.2, 0.25) is 17.9 Å². The van der Waals surface area contributed by atoms with E-state index in [9.17, 15) is 4.79 Å². The first-order chi connectivity index (χ1) is 13.2. The number of rotatable bonds is 6. The van der Waals surface area contributed by atoms with Crippen LogP contribution in [0.5, 0.6) is 11.5 Å². The van der Waals surface area contributed by atoms with Crippen LogP contribution in [0.1, 0.15) is 11.1 Å². The van der Waals surface area contributed by atoms with Gasteiger partial charge >= 0.3 is 0 Å². The fraction of sp³-hybridized carbons (Fsp3) is 0.222. The molecule has 0 saturated carbocycles. The Labute approximate surface area is 159 Å². The van der Waals surface area contributed by atoms with Crippen molar-refractivity contribution in [2.24, 2.45) is 0 Å². The molecule has 0 bridgehead atoms. The summed E-state index contributed by atoms with van der Waals surface area (Å²) in [7, 11) is 0. The van der Waals surface area contributed by atoms with Crippen LogP contribution in [0.4, 0.5) is 0 Å². The highest BCUT2D eigenvalue weighted by Gasteiger charge is 2.14. The highest BCUT2D eigenvalue weighted by atomic mass is 32.2. The molecular weight excluding hydrogens is 366 g/mol. The van der Waals surface area contributed by atoms with Gasteiger partial charge in [-0.05, 0) is 47.2 Å². The number of hydrogen-bond acceptors (Lipinski definition) is 7. The molecule has 0 fully saturated rings. The summed E-state index contributed by atoms with van der Waals surface area (Å²) in [4.78, 5) is 12.2. The summed E-state index contributed by atoms with van der Waals surface area (Å²) < 4.78 is 12.2. The van der Waals surface area contributed by atoms with E-state index in [1.165, 1.54) is 11.8 Å². The number of thioether (sulfide) groups is 1. The summed E-state index contributed by atoms with van der Waals surface area (Å²) in [5, 5.41) is 15.2. The minimum Gasteiger partial charge on any atom is -0.454 e. The molecule has 0 spiro atoms. The minimum absolute atomic E-state index is 0.101. The monoisotopic (exact) mass is 383 g/mol. The first-order valence-corrected chi connectivity index (χ1v) is 9.31. The average Bonchev–Trinajstić information content (AvgIpc) is 3.34. The van der Waals surface area contributed by atoms with E-state index < -0.39 is 0 Å². The van der Waals surface area contributed by atoms with Crippen LogP contribution < -0.4 is 14.8 Å². The molecule has 27 heavy (non-hydrogen) atoms. The largest absolute Gasteiger partial charge is 0.454 e. The normalized spacial score (nSPS) is 12.2. The van der Waals surface area contributed by atoms with Gasteiger partial charge in [-0.1, -0.05) is 35.5 Å². The number of carbonyl (C=O) groups is 1. The SMILES string of the molecule is Cc1ccc(-n2nnnc2SCC(=O)NCc2ccc3c(c2)OCO3)cc1. The second-order valence-electron chi connectivity index (χ2n) is 5.96. The third-order valence-electron chi connectivity index (χ3n) is 3.98. The first-order valence-electron chi connectivity index (χ1n) is 8.32. The zero-order valence-electron chi connectivity index (χ0n) is 14.6. The highest BCUT2D eigenvalue weighted by Crippen LogP contribution is 2.32. The molecule has 0 radical (unpaired) electrons. The molecule has 0 unspecified atom stereocenters. The Morgan fingerprint density at radius 1 is 1.19 bits per heavy atom. The molecule has 0 atom stereocenters. The highest BCUT2D eigenvalue weighted by molar-refractivity contribution is 7.99. The van der Waals surface area contributed by atoms with E-state index in [0.29, 0.717) is 17.5 Å². The molecule has 0 saturated heterocycles. The zero-order valence-corrected chi connectivity index (χ0v) is 15.4. The van der Waals surface area contributed by atoms with E-state index in [0.717, 1.165) is 22.6 Å². The second-order valence-corrected chi connectivity index (χ2v) is 6.90. The summed E-state index contributed by atoms with van der Waals surface area (Å²) in [6.45, 7) is 2.67. The Kier molecular flexibility index (Phi) is 4.93. The molecule has 0 aliphatic carbocycles. The van der Waals surface area contributed by atoms with E-state index in [4.69, 9.17) is 9.47 Å². The van der Waals surface area contributed by atoms with Crippen LogP contribution in [-0.2, 0) is 11.3 Å². The maximum atomic E-state index is 12.2. The Bertz CT molecular complexity index is 958. The molecule has 2 aromatic carbocycles. The average molecular weight is 383 g/mol. The van der Waals surface area contributed by atoms with Gasteiger partial charge in [0.15, 0.2) is 11.5 Å². The number of carbonyl (C=O) groups excluding carboxylic acids is 1. The van der Waals surface area contributed by atoms with Crippen molar-refractivity contribution in [1.29, 1.82) is 0 Å². The van der Waals surface area contributed by atoms with Crippen LogP contribution in [0.15, 0.2) is 47.6 Å². The summed E-state index contributed by atoms with van der Waals surface area (Å²) >= 11 is 1.29. The van der Waals surface area contributed by atoms with Crippen molar-refractivity contribution in [3.8, 4) is 17.2 Å². The number of hydrogen-bond donors (Lipinski definition) is 1. The van der Waals surface area contributed by atoms with Gasteiger partial charge in [-0.3, -0.25) is 4.79 Å². The quantitative estimate of drug-likeness (QED) is 0.652. The van der Waals surface area contributed by atoms with Gasteiger partial charge in [-0.15, -0.1) is 5.10 Å². The number of fused-ring (bicyclic) bond motifs is 1.